The average molecular weight is 702 g/mol. The molecule has 0 aliphatic heterocycles. The highest BCUT2D eigenvalue weighted by Crippen LogP contribution is 2.37. The van der Waals surface area contributed by atoms with Crippen LogP contribution in [0, 0.1) is 17.8 Å². The first kappa shape index (κ1) is 38.8. The van der Waals surface area contributed by atoms with Crippen molar-refractivity contribution >= 4 is 28.5 Å². The fraction of sp³-hybridized carbons (Fsp3) is 0.438. The number of benzene rings is 2. The molecule has 1 atom stereocenters. The summed E-state index contributed by atoms with van der Waals surface area (Å²) >= 11 is 6.92. The van der Waals surface area contributed by atoms with E-state index in [-0.39, 0.29) is 5.78 Å². The van der Waals surface area contributed by atoms with Gasteiger partial charge in [0.2, 0.25) is 0 Å². The van der Waals surface area contributed by atoms with Crippen molar-refractivity contribution in [3.8, 4) is 0 Å². The maximum atomic E-state index is 13.7. The molecule has 270 valence electrons. The van der Waals surface area contributed by atoms with E-state index in [1.807, 2.05) is 31.2 Å². The Labute approximate surface area is 314 Å². The summed E-state index contributed by atoms with van der Waals surface area (Å²) in [7, 11) is 0. The Kier molecular flexibility index (Phi) is 15.2. The highest BCUT2D eigenvalue weighted by atomic mass is 35.5. The second-order valence-electron chi connectivity index (χ2n) is 15.0. The van der Waals surface area contributed by atoms with Crippen LogP contribution in [0.5, 0.6) is 0 Å². The molecule has 1 N–H and O–H groups in total. The van der Waals surface area contributed by atoms with Crippen molar-refractivity contribution in [1.29, 1.82) is 0 Å². The van der Waals surface area contributed by atoms with Gasteiger partial charge in [0.15, 0.2) is 5.78 Å². The number of Topliss-reactive ketones (excluding diaryl/α,β-unsaturated/α-hetero) is 1. The lowest BCUT2D eigenvalue weighted by atomic mass is 9.80. The number of rotatable bonds is 12. The number of carbonyl (C=O) groups excluding carboxylic acids is 1. The van der Waals surface area contributed by atoms with E-state index in [9.17, 15) is 4.79 Å². The number of nitrogens with one attached hydrogen (secondary N) is 1. The highest BCUT2D eigenvalue weighted by molar-refractivity contribution is 6.35. The molecule has 0 radical (unpaired) electrons. The zero-order valence-corrected chi connectivity index (χ0v) is 32.2. The molecule has 0 aromatic heterocycles. The molecular formula is C48H60ClNO. The standard InChI is InChI=1S/C48H60ClNO/c1-5-9-18-41(8-4)44-26-27-45(47(49)32-44)46-31-42-19-12-17-39(24-25-43(42)29-36(7-3)30-48(46)51)33-50-34-40-22-20-38(21-23-40)28-37-15-10-13-35(6-2)14-11-16-37/h5,8-9,17-23,25-27,31-32,35-37,50H,1,6-7,10-16,24,28-30,33-34H2,2-4H3. The normalized spacial score (nSPS) is 22.2. The Balaban J connectivity index is 1.23. The van der Waals surface area contributed by atoms with Gasteiger partial charge in [0.05, 0.1) is 0 Å². The molecule has 2 nitrogen and oxygen atoms in total. The van der Waals surface area contributed by atoms with Gasteiger partial charge in [-0.15, -0.1) is 0 Å². The Morgan fingerprint density at radius 1 is 0.882 bits per heavy atom. The van der Waals surface area contributed by atoms with E-state index >= 15 is 0 Å². The minimum absolute atomic E-state index is 0.176. The van der Waals surface area contributed by atoms with Gasteiger partial charge in [0.25, 0.3) is 0 Å². The lowest BCUT2D eigenvalue weighted by molar-refractivity contribution is -0.114. The van der Waals surface area contributed by atoms with Gasteiger partial charge in [-0.25, -0.2) is 0 Å². The van der Waals surface area contributed by atoms with Crippen LogP contribution < -0.4 is 5.32 Å². The van der Waals surface area contributed by atoms with E-state index in [0.29, 0.717) is 17.4 Å². The van der Waals surface area contributed by atoms with Gasteiger partial charge < -0.3 is 5.32 Å². The summed E-state index contributed by atoms with van der Waals surface area (Å²) < 4.78 is 0. The van der Waals surface area contributed by atoms with E-state index in [1.165, 1.54) is 73.6 Å². The maximum absolute atomic E-state index is 13.7. The number of hydrogen-bond donors (Lipinski definition) is 1. The van der Waals surface area contributed by atoms with Crippen LogP contribution in [0.2, 0.25) is 5.02 Å². The summed E-state index contributed by atoms with van der Waals surface area (Å²) in [6, 6.07) is 15.4. The predicted octanol–water partition coefficient (Wildman–Crippen LogP) is 13.2. The second kappa shape index (κ2) is 20.0. The lowest BCUT2D eigenvalue weighted by Crippen LogP contribution is -2.17. The van der Waals surface area contributed by atoms with Crippen molar-refractivity contribution in [1.82, 2.24) is 5.32 Å². The first-order valence-corrected chi connectivity index (χ1v) is 20.1. The number of ketones is 1. The number of allylic oxidation sites excluding steroid dienone is 12. The summed E-state index contributed by atoms with van der Waals surface area (Å²) in [6.45, 7) is 12.1. The molecule has 0 heterocycles. The number of hydrogen-bond acceptors (Lipinski definition) is 2. The van der Waals surface area contributed by atoms with Gasteiger partial charge in [0.1, 0.15) is 0 Å². The fourth-order valence-electron chi connectivity index (χ4n) is 8.17. The third-order valence-electron chi connectivity index (χ3n) is 11.5. The van der Waals surface area contributed by atoms with Crippen LogP contribution in [0.1, 0.15) is 120 Å². The summed E-state index contributed by atoms with van der Waals surface area (Å²) in [4.78, 5) is 13.7. The second-order valence-corrected chi connectivity index (χ2v) is 15.4. The van der Waals surface area contributed by atoms with Crippen LogP contribution in [0.15, 0.2) is 114 Å². The van der Waals surface area contributed by atoms with E-state index in [4.69, 9.17) is 11.6 Å². The van der Waals surface area contributed by atoms with Crippen molar-refractivity contribution in [2.45, 2.75) is 111 Å². The molecule has 1 saturated carbocycles. The molecule has 0 saturated heterocycles. The van der Waals surface area contributed by atoms with Crippen molar-refractivity contribution in [3.05, 3.63) is 142 Å². The Morgan fingerprint density at radius 2 is 1.61 bits per heavy atom. The molecule has 51 heavy (non-hydrogen) atoms. The monoisotopic (exact) mass is 701 g/mol. The van der Waals surface area contributed by atoms with E-state index < -0.39 is 0 Å². The molecule has 1 fully saturated rings. The maximum Gasteiger partial charge on any atom is 0.163 e. The molecule has 0 bridgehead atoms. The zero-order valence-electron chi connectivity index (χ0n) is 31.5. The number of carbonyl (C=O) groups is 1. The highest BCUT2D eigenvalue weighted by Gasteiger charge is 2.25. The topological polar surface area (TPSA) is 29.1 Å². The first-order chi connectivity index (χ1) is 24.9. The molecule has 0 amide bonds. The van der Waals surface area contributed by atoms with Gasteiger partial charge in [-0.2, -0.15) is 0 Å². The van der Waals surface area contributed by atoms with Gasteiger partial charge >= 0.3 is 0 Å². The van der Waals surface area contributed by atoms with Gasteiger partial charge in [-0.3, -0.25) is 4.79 Å². The van der Waals surface area contributed by atoms with Crippen LogP contribution in [0.3, 0.4) is 0 Å². The van der Waals surface area contributed by atoms with Crippen LogP contribution >= 0.6 is 11.6 Å². The van der Waals surface area contributed by atoms with Crippen LogP contribution in [-0.4, -0.2) is 12.3 Å². The predicted molar refractivity (Wildman–Crippen MR) is 221 cm³/mol. The van der Waals surface area contributed by atoms with Crippen LogP contribution in [0.25, 0.3) is 11.1 Å². The van der Waals surface area contributed by atoms with Crippen molar-refractivity contribution in [2.75, 3.05) is 6.54 Å². The number of halogens is 1. The molecular weight excluding hydrogens is 642 g/mol. The third-order valence-corrected chi connectivity index (χ3v) is 11.8. The minimum atomic E-state index is 0.176. The van der Waals surface area contributed by atoms with E-state index in [1.54, 1.807) is 6.08 Å². The molecule has 1 unspecified atom stereocenters. The van der Waals surface area contributed by atoms with Crippen molar-refractivity contribution in [2.24, 2.45) is 17.8 Å². The largest absolute Gasteiger partial charge is 0.309 e. The molecule has 0 spiro atoms. The number of fused-ring (bicyclic) bond motifs is 1. The van der Waals surface area contributed by atoms with Crippen LogP contribution in [-0.2, 0) is 17.8 Å². The summed E-state index contributed by atoms with van der Waals surface area (Å²) in [6.07, 6.45) is 32.2. The third kappa shape index (κ3) is 11.3. The smallest absolute Gasteiger partial charge is 0.163 e. The summed E-state index contributed by atoms with van der Waals surface area (Å²) in [5.41, 5.74) is 10.4. The SMILES string of the molecule is C=CC=CC(=CC)c1ccc(C2=CC3=CCC=C(CNCc4ccc(CC5CCCC(CC)CCC5)cc4)CC=C3CC(CC)CC2=O)c(Cl)c1. The average Bonchev–Trinajstić information content (AvgIpc) is 3.11. The molecule has 5 rings (SSSR count). The van der Waals surface area contributed by atoms with Crippen molar-refractivity contribution in [3.63, 3.8) is 0 Å². The summed E-state index contributed by atoms with van der Waals surface area (Å²) in [5.74, 6) is 2.29. The van der Waals surface area contributed by atoms with E-state index in [2.05, 4.69) is 86.5 Å². The molecule has 2 aromatic rings. The molecule has 3 aliphatic rings. The van der Waals surface area contributed by atoms with Gasteiger partial charge in [0, 0.05) is 35.7 Å². The lowest BCUT2D eigenvalue weighted by Gasteiger charge is -2.24. The Bertz CT molecular complexity index is 1670. The molecule has 2 aromatic carbocycles. The summed E-state index contributed by atoms with van der Waals surface area (Å²) in [5, 5.41) is 4.33. The van der Waals surface area contributed by atoms with Gasteiger partial charge in [-0.05, 0) is 95.9 Å². The minimum Gasteiger partial charge on any atom is -0.309 e. The Morgan fingerprint density at radius 3 is 2.29 bits per heavy atom. The van der Waals surface area contributed by atoms with Crippen LogP contribution in [0.4, 0.5) is 0 Å². The van der Waals surface area contributed by atoms with Crippen molar-refractivity contribution < 1.29 is 4.79 Å². The first-order valence-electron chi connectivity index (χ1n) is 19.8. The quantitative estimate of drug-likeness (QED) is 0.176. The van der Waals surface area contributed by atoms with E-state index in [0.717, 1.165) is 78.5 Å². The molecule has 3 aliphatic carbocycles. The van der Waals surface area contributed by atoms with Gasteiger partial charge in [-0.1, -0.05) is 168 Å². The Hall–Kier alpha value is -3.46. The fourth-order valence-corrected chi connectivity index (χ4v) is 8.46. The molecule has 3 heteroatoms. The zero-order chi connectivity index (χ0) is 36.0.